The highest BCUT2D eigenvalue weighted by atomic mass is 35.5. The smallest absolute Gasteiger partial charge is 0.123 e. The Morgan fingerprint density at radius 3 is 2.50 bits per heavy atom. The quantitative estimate of drug-likeness (QED) is 0.437. The molecule has 1 N–H and O–H groups in total. The maximum atomic E-state index is 13.2. The van der Waals surface area contributed by atoms with Gasteiger partial charge in [0.2, 0.25) is 0 Å². The van der Waals surface area contributed by atoms with E-state index in [0.717, 1.165) is 52.5 Å². The van der Waals surface area contributed by atoms with Gasteiger partial charge in [-0.2, -0.15) is 0 Å². The molecular weight excluding hydrogens is 373 g/mol. The average molecular weight is 394 g/mol. The summed E-state index contributed by atoms with van der Waals surface area (Å²) in [6, 6.07) is 22.6. The monoisotopic (exact) mass is 393 g/mol. The Labute approximate surface area is 168 Å². The van der Waals surface area contributed by atoms with Gasteiger partial charge in [-0.15, -0.1) is 0 Å². The molecule has 0 saturated heterocycles. The van der Waals surface area contributed by atoms with E-state index in [1.54, 1.807) is 0 Å². The van der Waals surface area contributed by atoms with Crippen molar-refractivity contribution < 1.29 is 4.39 Å². The summed E-state index contributed by atoms with van der Waals surface area (Å²) < 4.78 is 15.4. The van der Waals surface area contributed by atoms with Gasteiger partial charge < -0.3 is 9.88 Å². The second-order valence-electron chi connectivity index (χ2n) is 6.75. The van der Waals surface area contributed by atoms with E-state index >= 15 is 0 Å². The zero-order valence-corrected chi connectivity index (χ0v) is 16.2. The van der Waals surface area contributed by atoms with Crippen LogP contribution >= 0.6 is 11.6 Å². The first-order valence-corrected chi connectivity index (χ1v) is 9.71. The molecule has 0 amide bonds. The number of benzene rings is 3. The van der Waals surface area contributed by atoms with Crippen LogP contribution in [-0.2, 0) is 19.5 Å². The van der Waals surface area contributed by atoms with E-state index in [1.165, 1.54) is 12.1 Å². The summed E-state index contributed by atoms with van der Waals surface area (Å²) in [4.78, 5) is 4.81. The van der Waals surface area contributed by atoms with Gasteiger partial charge in [0.1, 0.15) is 11.6 Å². The van der Waals surface area contributed by atoms with Crippen LogP contribution < -0.4 is 5.32 Å². The molecule has 1 aromatic heterocycles. The maximum absolute atomic E-state index is 13.2. The Balaban J connectivity index is 1.49. The van der Waals surface area contributed by atoms with Gasteiger partial charge in [-0.1, -0.05) is 54.1 Å². The van der Waals surface area contributed by atoms with Crippen molar-refractivity contribution in [1.29, 1.82) is 0 Å². The van der Waals surface area contributed by atoms with Crippen LogP contribution in [-0.4, -0.2) is 16.1 Å². The van der Waals surface area contributed by atoms with Crippen molar-refractivity contribution in [2.24, 2.45) is 0 Å². The van der Waals surface area contributed by atoms with Gasteiger partial charge in [0.15, 0.2) is 0 Å². The van der Waals surface area contributed by atoms with E-state index in [4.69, 9.17) is 16.6 Å². The minimum atomic E-state index is -0.219. The molecule has 0 radical (unpaired) electrons. The molecular formula is C23H21ClFN3. The number of rotatable bonds is 7. The van der Waals surface area contributed by atoms with Crippen LogP contribution in [0.1, 0.15) is 17.0 Å². The summed E-state index contributed by atoms with van der Waals surface area (Å²) in [7, 11) is 0. The molecule has 4 aromatic rings. The third-order valence-electron chi connectivity index (χ3n) is 4.79. The summed E-state index contributed by atoms with van der Waals surface area (Å²) >= 11 is 6.22. The SMILES string of the molecule is Fc1ccc(Cn2c(CCNCc3ccccc3Cl)nc3ccccc32)cc1. The lowest BCUT2D eigenvalue weighted by Gasteiger charge is -2.11. The summed E-state index contributed by atoms with van der Waals surface area (Å²) in [5.41, 5.74) is 4.21. The Morgan fingerprint density at radius 2 is 1.68 bits per heavy atom. The third kappa shape index (κ3) is 4.24. The first kappa shape index (κ1) is 18.7. The van der Waals surface area contributed by atoms with Crippen LogP contribution in [0.25, 0.3) is 11.0 Å². The number of para-hydroxylation sites is 2. The van der Waals surface area contributed by atoms with Gasteiger partial charge >= 0.3 is 0 Å². The molecule has 1 heterocycles. The minimum absolute atomic E-state index is 0.219. The molecule has 142 valence electrons. The second kappa shape index (κ2) is 8.55. The molecule has 0 fully saturated rings. The lowest BCUT2D eigenvalue weighted by molar-refractivity contribution is 0.625. The Morgan fingerprint density at radius 1 is 0.929 bits per heavy atom. The van der Waals surface area contributed by atoms with E-state index in [1.807, 2.05) is 54.6 Å². The van der Waals surface area contributed by atoms with E-state index in [2.05, 4.69) is 16.0 Å². The predicted octanol–water partition coefficient (Wildman–Crippen LogP) is 5.21. The normalized spacial score (nSPS) is 11.2. The van der Waals surface area contributed by atoms with Gasteiger partial charge in [-0.3, -0.25) is 0 Å². The Hall–Kier alpha value is -2.69. The van der Waals surface area contributed by atoms with Crippen LogP contribution in [0.3, 0.4) is 0 Å². The molecule has 0 aliphatic rings. The molecule has 3 aromatic carbocycles. The highest BCUT2D eigenvalue weighted by Gasteiger charge is 2.11. The largest absolute Gasteiger partial charge is 0.323 e. The molecule has 28 heavy (non-hydrogen) atoms. The van der Waals surface area contributed by atoms with Crippen molar-refractivity contribution in [3.63, 3.8) is 0 Å². The zero-order chi connectivity index (χ0) is 19.3. The number of nitrogens with zero attached hydrogens (tertiary/aromatic N) is 2. The first-order chi connectivity index (χ1) is 13.7. The van der Waals surface area contributed by atoms with Gasteiger partial charge in [-0.25, -0.2) is 9.37 Å². The van der Waals surface area contributed by atoms with Gasteiger partial charge in [0.05, 0.1) is 11.0 Å². The fourth-order valence-electron chi connectivity index (χ4n) is 3.33. The lowest BCUT2D eigenvalue weighted by Crippen LogP contribution is -2.19. The topological polar surface area (TPSA) is 29.9 Å². The maximum Gasteiger partial charge on any atom is 0.123 e. The number of nitrogens with one attached hydrogen (secondary N) is 1. The standard InChI is InChI=1S/C23H21ClFN3/c24-20-6-2-1-5-18(20)15-26-14-13-23-27-21-7-3-4-8-22(21)28(23)16-17-9-11-19(25)12-10-17/h1-12,26H,13-16H2. The molecule has 5 heteroatoms. The first-order valence-electron chi connectivity index (χ1n) is 9.33. The van der Waals surface area contributed by atoms with Crippen molar-refractivity contribution in [2.45, 2.75) is 19.5 Å². The van der Waals surface area contributed by atoms with E-state index in [-0.39, 0.29) is 5.82 Å². The van der Waals surface area contributed by atoms with Crippen LogP contribution in [0.15, 0.2) is 72.8 Å². The molecule has 0 aliphatic carbocycles. The molecule has 0 saturated carbocycles. The molecule has 0 bridgehead atoms. The Bertz CT molecular complexity index is 1070. The number of hydrogen-bond acceptors (Lipinski definition) is 2. The fraction of sp³-hybridized carbons (Fsp3) is 0.174. The minimum Gasteiger partial charge on any atom is -0.323 e. The van der Waals surface area contributed by atoms with Crippen molar-refractivity contribution >= 4 is 22.6 Å². The number of halogens is 2. The van der Waals surface area contributed by atoms with Crippen LogP contribution in [0, 0.1) is 5.82 Å². The van der Waals surface area contributed by atoms with E-state index < -0.39 is 0 Å². The lowest BCUT2D eigenvalue weighted by atomic mass is 10.2. The van der Waals surface area contributed by atoms with E-state index in [9.17, 15) is 4.39 Å². The summed E-state index contributed by atoms with van der Waals surface area (Å²) in [6.07, 6.45) is 0.792. The van der Waals surface area contributed by atoms with E-state index in [0.29, 0.717) is 6.54 Å². The van der Waals surface area contributed by atoms with Gasteiger partial charge in [-0.05, 0) is 41.5 Å². The molecule has 0 aliphatic heterocycles. The van der Waals surface area contributed by atoms with Gasteiger partial charge in [0.25, 0.3) is 0 Å². The molecule has 0 unspecified atom stereocenters. The molecule has 4 rings (SSSR count). The van der Waals surface area contributed by atoms with Crippen molar-refractivity contribution in [3.05, 3.63) is 101 Å². The Kier molecular flexibility index (Phi) is 5.70. The molecule has 0 spiro atoms. The molecule has 3 nitrogen and oxygen atoms in total. The average Bonchev–Trinajstić information content (AvgIpc) is 3.06. The van der Waals surface area contributed by atoms with Crippen LogP contribution in [0.2, 0.25) is 5.02 Å². The van der Waals surface area contributed by atoms with Crippen molar-refractivity contribution in [1.82, 2.24) is 14.9 Å². The zero-order valence-electron chi connectivity index (χ0n) is 15.4. The number of hydrogen-bond donors (Lipinski definition) is 1. The highest BCUT2D eigenvalue weighted by molar-refractivity contribution is 6.31. The number of imidazole rings is 1. The van der Waals surface area contributed by atoms with Crippen molar-refractivity contribution in [3.8, 4) is 0 Å². The van der Waals surface area contributed by atoms with Gasteiger partial charge in [0, 0.05) is 31.1 Å². The number of fused-ring (bicyclic) bond motifs is 1. The summed E-state index contributed by atoms with van der Waals surface area (Å²) in [5.74, 6) is 0.792. The molecule has 0 atom stereocenters. The fourth-order valence-corrected chi connectivity index (χ4v) is 3.53. The summed E-state index contributed by atoms with van der Waals surface area (Å²) in [6.45, 7) is 2.18. The van der Waals surface area contributed by atoms with Crippen LogP contribution in [0.4, 0.5) is 4.39 Å². The highest BCUT2D eigenvalue weighted by Crippen LogP contribution is 2.19. The van der Waals surface area contributed by atoms with Crippen LogP contribution in [0.5, 0.6) is 0 Å². The number of aromatic nitrogens is 2. The van der Waals surface area contributed by atoms with Crippen molar-refractivity contribution in [2.75, 3.05) is 6.54 Å². The second-order valence-corrected chi connectivity index (χ2v) is 7.15. The predicted molar refractivity (Wildman–Crippen MR) is 112 cm³/mol. The third-order valence-corrected chi connectivity index (χ3v) is 5.15. The summed E-state index contributed by atoms with van der Waals surface area (Å²) in [5, 5.41) is 4.22.